The molecule has 1 saturated heterocycles. The van der Waals surface area contributed by atoms with Crippen LogP contribution in [0.5, 0.6) is 0 Å². The first kappa shape index (κ1) is 21.3. The lowest BCUT2D eigenvalue weighted by Crippen LogP contribution is -2.52. The van der Waals surface area contributed by atoms with Crippen molar-refractivity contribution in [1.29, 1.82) is 0 Å². The number of rotatable bonds is 6. The summed E-state index contributed by atoms with van der Waals surface area (Å²) < 4.78 is 0. The largest absolute Gasteiger partial charge is 0.368 e. The number of para-hydroxylation sites is 1. The van der Waals surface area contributed by atoms with Crippen LogP contribution >= 0.6 is 24.0 Å². The molecular weight excluding hydrogens is 437 g/mol. The molecule has 0 amide bonds. The highest BCUT2D eigenvalue weighted by Crippen LogP contribution is 2.26. The molecule has 1 aliphatic heterocycles. The van der Waals surface area contributed by atoms with Crippen molar-refractivity contribution in [3.8, 4) is 0 Å². The summed E-state index contributed by atoms with van der Waals surface area (Å²) in [6, 6.07) is 12.0. The topological polar surface area (TPSA) is 34.1 Å². The van der Waals surface area contributed by atoms with Crippen LogP contribution in [0.25, 0.3) is 0 Å². The molecule has 1 N–H and O–H groups in total. The van der Waals surface area contributed by atoms with Gasteiger partial charge in [0, 0.05) is 50.5 Å². The highest BCUT2D eigenvalue weighted by Gasteiger charge is 2.29. The van der Waals surface area contributed by atoms with E-state index in [0.29, 0.717) is 6.04 Å². The molecule has 6 heteroatoms. The Hall–Kier alpha value is -1.02. The Morgan fingerprint density at radius 2 is 1.85 bits per heavy atom. The molecule has 5 nitrogen and oxygen atoms in total. The Kier molecular flexibility index (Phi) is 8.47. The van der Waals surface area contributed by atoms with Crippen LogP contribution in [0.3, 0.4) is 0 Å². The van der Waals surface area contributed by atoms with E-state index in [1.165, 1.54) is 18.5 Å². The predicted molar refractivity (Wildman–Crippen MR) is 122 cm³/mol. The van der Waals surface area contributed by atoms with Gasteiger partial charge in [-0.25, -0.2) is 0 Å². The maximum atomic E-state index is 4.94. The summed E-state index contributed by atoms with van der Waals surface area (Å²) in [6.45, 7) is 10.4. The van der Waals surface area contributed by atoms with Crippen molar-refractivity contribution in [2.24, 2.45) is 4.99 Å². The third-order valence-electron chi connectivity index (χ3n) is 5.36. The highest BCUT2D eigenvalue weighted by molar-refractivity contribution is 14.0. The van der Waals surface area contributed by atoms with Crippen LogP contribution in [0.2, 0.25) is 0 Å². The lowest BCUT2D eigenvalue weighted by atomic mass is 10.2. The van der Waals surface area contributed by atoms with Crippen LogP contribution in [0.4, 0.5) is 5.69 Å². The van der Waals surface area contributed by atoms with Crippen LogP contribution in [0, 0.1) is 0 Å². The third kappa shape index (κ3) is 5.74. The van der Waals surface area contributed by atoms with Gasteiger partial charge in [-0.1, -0.05) is 18.2 Å². The number of piperazine rings is 1. The second-order valence-electron chi connectivity index (χ2n) is 7.25. The molecule has 0 aromatic heterocycles. The van der Waals surface area contributed by atoms with Crippen LogP contribution in [-0.2, 0) is 0 Å². The lowest BCUT2D eigenvalue weighted by Gasteiger charge is -2.38. The zero-order chi connectivity index (χ0) is 17.6. The Morgan fingerprint density at radius 1 is 1.19 bits per heavy atom. The normalized spacial score (nSPS) is 19.3. The second kappa shape index (κ2) is 10.3. The van der Waals surface area contributed by atoms with E-state index in [-0.39, 0.29) is 24.0 Å². The summed E-state index contributed by atoms with van der Waals surface area (Å²) in [5, 5.41) is 3.48. The van der Waals surface area contributed by atoms with E-state index < -0.39 is 0 Å². The maximum Gasteiger partial charge on any atom is 0.194 e. The molecule has 1 aromatic carbocycles. The summed E-state index contributed by atoms with van der Waals surface area (Å²) in [4.78, 5) is 12.3. The molecular formula is C20H34IN5. The van der Waals surface area contributed by atoms with E-state index in [4.69, 9.17) is 4.99 Å². The molecule has 1 atom stereocenters. The van der Waals surface area contributed by atoms with Crippen LogP contribution in [-0.4, -0.2) is 74.2 Å². The number of benzene rings is 1. The summed E-state index contributed by atoms with van der Waals surface area (Å²) in [6.07, 6.45) is 2.71. The summed E-state index contributed by atoms with van der Waals surface area (Å²) >= 11 is 0. The van der Waals surface area contributed by atoms with Gasteiger partial charge in [0.25, 0.3) is 0 Å². The zero-order valence-electron chi connectivity index (χ0n) is 16.4. The molecule has 1 aromatic rings. The van der Waals surface area contributed by atoms with Crippen molar-refractivity contribution in [1.82, 2.24) is 15.1 Å². The van der Waals surface area contributed by atoms with Crippen molar-refractivity contribution in [3.63, 3.8) is 0 Å². The number of nitrogens with zero attached hydrogens (tertiary/aromatic N) is 4. The maximum absolute atomic E-state index is 4.94. The average Bonchev–Trinajstić information content (AvgIpc) is 3.50. The number of hydrogen-bond donors (Lipinski definition) is 1. The van der Waals surface area contributed by atoms with Gasteiger partial charge in [-0.3, -0.25) is 9.89 Å². The number of likely N-dealkylation sites (N-methyl/N-ethyl adjacent to an activating group) is 1. The number of anilines is 1. The van der Waals surface area contributed by atoms with Gasteiger partial charge in [-0.05, 0) is 45.9 Å². The van der Waals surface area contributed by atoms with Gasteiger partial charge in [0.15, 0.2) is 5.96 Å². The molecule has 2 fully saturated rings. The van der Waals surface area contributed by atoms with Crippen molar-refractivity contribution in [2.75, 3.05) is 51.2 Å². The molecule has 146 valence electrons. The third-order valence-corrected chi connectivity index (χ3v) is 5.36. The van der Waals surface area contributed by atoms with Gasteiger partial charge in [0.1, 0.15) is 0 Å². The lowest BCUT2D eigenvalue weighted by molar-refractivity contribution is 0.252. The fourth-order valence-electron chi connectivity index (χ4n) is 3.43. The second-order valence-corrected chi connectivity index (χ2v) is 7.25. The van der Waals surface area contributed by atoms with E-state index in [0.717, 1.165) is 51.3 Å². The van der Waals surface area contributed by atoms with Crippen molar-refractivity contribution in [2.45, 2.75) is 38.8 Å². The molecule has 26 heavy (non-hydrogen) atoms. The molecule has 1 unspecified atom stereocenters. The first-order valence-electron chi connectivity index (χ1n) is 9.74. The van der Waals surface area contributed by atoms with Gasteiger partial charge < -0.3 is 15.1 Å². The van der Waals surface area contributed by atoms with Gasteiger partial charge in [0.05, 0.1) is 6.54 Å². The molecule has 1 aliphatic carbocycles. The summed E-state index contributed by atoms with van der Waals surface area (Å²) in [5.74, 6) is 1.08. The predicted octanol–water partition coefficient (Wildman–Crippen LogP) is 2.87. The SMILES string of the molecule is CCNC(=NCC(C)N(C)C1CC1)N1CCN(c2ccccc2)CC1.I. The first-order valence-corrected chi connectivity index (χ1v) is 9.74. The number of hydrogen-bond acceptors (Lipinski definition) is 3. The fourth-order valence-corrected chi connectivity index (χ4v) is 3.43. The number of guanidine groups is 1. The van der Waals surface area contributed by atoms with Crippen LogP contribution in [0.1, 0.15) is 26.7 Å². The summed E-state index contributed by atoms with van der Waals surface area (Å²) in [5.41, 5.74) is 1.32. The Balaban J connectivity index is 0.00000243. The minimum absolute atomic E-state index is 0. The highest BCUT2D eigenvalue weighted by atomic mass is 127. The molecule has 3 rings (SSSR count). The van der Waals surface area contributed by atoms with Gasteiger partial charge in [0.2, 0.25) is 0 Å². The van der Waals surface area contributed by atoms with E-state index in [1.54, 1.807) is 0 Å². The van der Waals surface area contributed by atoms with Crippen molar-refractivity contribution < 1.29 is 0 Å². The zero-order valence-corrected chi connectivity index (χ0v) is 18.7. The molecule has 1 heterocycles. The van der Waals surface area contributed by atoms with Gasteiger partial charge >= 0.3 is 0 Å². The Labute approximate surface area is 175 Å². The smallest absolute Gasteiger partial charge is 0.194 e. The first-order chi connectivity index (χ1) is 12.2. The van der Waals surface area contributed by atoms with Crippen molar-refractivity contribution in [3.05, 3.63) is 30.3 Å². The molecule has 0 spiro atoms. The minimum atomic E-state index is 0. The quantitative estimate of drug-likeness (QED) is 0.393. The molecule has 0 bridgehead atoms. The van der Waals surface area contributed by atoms with Gasteiger partial charge in [-0.2, -0.15) is 0 Å². The Morgan fingerprint density at radius 3 is 2.42 bits per heavy atom. The van der Waals surface area contributed by atoms with Gasteiger partial charge in [-0.15, -0.1) is 24.0 Å². The Bertz CT molecular complexity index is 553. The number of nitrogens with one attached hydrogen (secondary N) is 1. The standard InChI is InChI=1S/C20H33N5.HI/c1-4-21-20(22-16-17(2)23(3)18-10-11-18)25-14-12-24(13-15-25)19-8-6-5-7-9-19;/h5-9,17-18H,4,10-16H2,1-3H3,(H,21,22);1H. The molecule has 0 radical (unpaired) electrons. The van der Waals surface area contributed by atoms with E-state index in [9.17, 15) is 0 Å². The fraction of sp³-hybridized carbons (Fsp3) is 0.650. The van der Waals surface area contributed by atoms with E-state index in [2.05, 4.69) is 71.2 Å². The van der Waals surface area contributed by atoms with Crippen molar-refractivity contribution >= 4 is 35.6 Å². The average molecular weight is 471 g/mol. The molecule has 2 aliphatic rings. The van der Waals surface area contributed by atoms with E-state index in [1.807, 2.05) is 0 Å². The van der Waals surface area contributed by atoms with E-state index >= 15 is 0 Å². The molecule has 1 saturated carbocycles. The van der Waals surface area contributed by atoms with Crippen LogP contribution in [0.15, 0.2) is 35.3 Å². The monoisotopic (exact) mass is 471 g/mol. The summed E-state index contributed by atoms with van der Waals surface area (Å²) in [7, 11) is 2.24. The number of halogens is 1. The minimum Gasteiger partial charge on any atom is -0.368 e. The number of aliphatic imine (C=N–C) groups is 1. The van der Waals surface area contributed by atoms with Crippen LogP contribution < -0.4 is 10.2 Å².